The molecule has 0 bridgehead atoms. The van der Waals surface area contributed by atoms with Gasteiger partial charge in [-0.1, -0.05) is 84.6 Å². The van der Waals surface area contributed by atoms with Crippen LogP contribution < -0.4 is 10.1 Å². The van der Waals surface area contributed by atoms with Gasteiger partial charge in [-0.05, 0) is 63.9 Å². The number of hydrogen-bond acceptors (Lipinski definition) is 4. The average Bonchev–Trinajstić information content (AvgIpc) is 2.87. The van der Waals surface area contributed by atoms with Gasteiger partial charge in [0.1, 0.15) is 17.1 Å². The first-order valence-electron chi connectivity index (χ1n) is 14.5. The number of hydrogen-bond donors (Lipinski definition) is 2. The molecule has 1 unspecified atom stereocenters. The first kappa shape index (κ1) is 30.2. The number of benzene rings is 1. The van der Waals surface area contributed by atoms with E-state index in [2.05, 4.69) is 44.0 Å². The fourth-order valence-electron chi connectivity index (χ4n) is 5.08. The molecule has 0 aromatic heterocycles. The maximum absolute atomic E-state index is 13.1. The molecule has 0 radical (unpaired) electrons. The monoisotopic (exact) mass is 500 g/mol. The summed E-state index contributed by atoms with van der Waals surface area (Å²) in [6, 6.07) is 0. The molecule has 1 aromatic rings. The van der Waals surface area contributed by atoms with Crippen LogP contribution in [0.15, 0.2) is 6.08 Å². The smallest absolute Gasteiger partial charge is 0.255 e. The van der Waals surface area contributed by atoms with Crippen LogP contribution in [0.3, 0.4) is 0 Å². The van der Waals surface area contributed by atoms with Gasteiger partial charge in [-0.25, -0.2) is 0 Å². The van der Waals surface area contributed by atoms with Crippen LogP contribution >= 0.6 is 0 Å². The first-order valence-corrected chi connectivity index (χ1v) is 14.5. The number of nitrogens with one attached hydrogen (secondary N) is 1. The van der Waals surface area contributed by atoms with Crippen molar-refractivity contribution in [2.24, 2.45) is 0 Å². The van der Waals surface area contributed by atoms with Crippen molar-refractivity contribution in [3.05, 3.63) is 28.3 Å². The standard InChI is InChI=1S/C31H52N2O3/c1-7-10-11-12-13-14-15-16-17-18-20-31(6)21-19-26-27(28(34)24(4)25(5)29(26)36-31)30(35)32-22-23-33(8-2)9-3/h19,21,34H,7-18,20,22-23H2,1-6H3,(H,32,35). The van der Waals surface area contributed by atoms with Crippen molar-refractivity contribution in [3.8, 4) is 11.5 Å². The number of phenols is 1. The van der Waals surface area contributed by atoms with Crippen LogP contribution in [0.25, 0.3) is 6.08 Å². The lowest BCUT2D eigenvalue weighted by Gasteiger charge is -2.34. The number of ether oxygens (including phenoxy) is 1. The quantitative estimate of drug-likeness (QED) is 0.217. The van der Waals surface area contributed by atoms with Gasteiger partial charge in [0, 0.05) is 18.7 Å². The fraction of sp³-hybridized carbons (Fsp3) is 0.710. The molecule has 1 heterocycles. The Morgan fingerprint density at radius 2 is 1.53 bits per heavy atom. The van der Waals surface area contributed by atoms with Gasteiger partial charge in [0.15, 0.2) is 0 Å². The number of carbonyl (C=O) groups excluding carboxylic acids is 1. The predicted octanol–water partition coefficient (Wildman–Crippen LogP) is 7.56. The number of carbonyl (C=O) groups is 1. The van der Waals surface area contributed by atoms with Gasteiger partial charge < -0.3 is 20.1 Å². The normalized spacial score (nSPS) is 16.8. The van der Waals surface area contributed by atoms with E-state index in [1.807, 2.05) is 19.9 Å². The van der Waals surface area contributed by atoms with E-state index in [0.717, 1.165) is 43.8 Å². The molecule has 2 rings (SSSR count). The summed E-state index contributed by atoms with van der Waals surface area (Å²) >= 11 is 0. The maximum atomic E-state index is 13.1. The second-order valence-electron chi connectivity index (χ2n) is 10.7. The van der Waals surface area contributed by atoms with Crippen LogP contribution in [-0.2, 0) is 0 Å². The zero-order valence-electron chi connectivity index (χ0n) is 24.0. The molecule has 0 fully saturated rings. The number of aromatic hydroxyl groups is 1. The minimum absolute atomic E-state index is 0.0538. The van der Waals surface area contributed by atoms with Crippen LogP contribution in [0.4, 0.5) is 0 Å². The van der Waals surface area contributed by atoms with E-state index in [4.69, 9.17) is 4.74 Å². The summed E-state index contributed by atoms with van der Waals surface area (Å²) in [6.45, 7) is 15.7. The van der Waals surface area contributed by atoms with Gasteiger partial charge in [-0.2, -0.15) is 0 Å². The number of rotatable bonds is 17. The Balaban J connectivity index is 1.96. The third kappa shape index (κ3) is 8.54. The van der Waals surface area contributed by atoms with Crippen LogP contribution in [-0.4, -0.2) is 47.7 Å². The summed E-state index contributed by atoms with van der Waals surface area (Å²) in [5.74, 6) is 0.542. The first-order chi connectivity index (χ1) is 17.3. The van der Waals surface area contributed by atoms with Crippen LogP contribution in [0.2, 0.25) is 0 Å². The van der Waals surface area contributed by atoms with Gasteiger partial charge in [0.25, 0.3) is 5.91 Å². The molecule has 1 aliphatic rings. The Bertz CT molecular complexity index is 860. The average molecular weight is 501 g/mol. The van der Waals surface area contributed by atoms with Crippen LogP contribution in [0.5, 0.6) is 11.5 Å². The van der Waals surface area contributed by atoms with E-state index in [1.54, 1.807) is 0 Å². The molecular formula is C31H52N2O3. The highest BCUT2D eigenvalue weighted by atomic mass is 16.5. The van der Waals surface area contributed by atoms with Gasteiger partial charge >= 0.3 is 0 Å². The molecule has 5 heteroatoms. The zero-order chi connectivity index (χ0) is 26.6. The Morgan fingerprint density at radius 1 is 0.944 bits per heavy atom. The fourth-order valence-corrected chi connectivity index (χ4v) is 5.08. The number of fused-ring (bicyclic) bond motifs is 1. The van der Waals surface area contributed by atoms with Crippen molar-refractivity contribution >= 4 is 12.0 Å². The molecule has 1 amide bonds. The van der Waals surface area contributed by atoms with Gasteiger partial charge in [0.2, 0.25) is 0 Å². The van der Waals surface area contributed by atoms with Gasteiger partial charge in [0.05, 0.1) is 5.56 Å². The molecule has 1 aliphatic heterocycles. The third-order valence-electron chi connectivity index (χ3n) is 7.81. The SMILES string of the molecule is CCCCCCCCCCCCC1(C)C=Cc2c(c(C)c(C)c(O)c2C(=O)NCCN(CC)CC)O1. The van der Waals surface area contributed by atoms with Gasteiger partial charge in [-0.3, -0.25) is 4.79 Å². The molecular weight excluding hydrogens is 448 g/mol. The Morgan fingerprint density at radius 3 is 2.11 bits per heavy atom. The topological polar surface area (TPSA) is 61.8 Å². The molecule has 1 aromatic carbocycles. The lowest BCUT2D eigenvalue weighted by atomic mass is 9.89. The van der Waals surface area contributed by atoms with E-state index in [9.17, 15) is 9.90 Å². The lowest BCUT2D eigenvalue weighted by molar-refractivity contribution is 0.0940. The number of nitrogens with zero attached hydrogens (tertiary/aromatic N) is 1. The molecule has 204 valence electrons. The summed E-state index contributed by atoms with van der Waals surface area (Å²) in [7, 11) is 0. The van der Waals surface area contributed by atoms with Crippen LogP contribution in [0, 0.1) is 13.8 Å². The van der Waals surface area contributed by atoms with E-state index in [1.165, 1.54) is 57.8 Å². The summed E-state index contributed by atoms with van der Waals surface area (Å²) < 4.78 is 6.55. The van der Waals surface area contributed by atoms with E-state index < -0.39 is 5.60 Å². The molecule has 1 atom stereocenters. The predicted molar refractivity (Wildman–Crippen MR) is 152 cm³/mol. The summed E-state index contributed by atoms with van der Waals surface area (Å²) in [6.07, 6.45) is 18.1. The summed E-state index contributed by atoms with van der Waals surface area (Å²) in [5, 5.41) is 13.9. The second kappa shape index (κ2) is 15.3. The molecule has 0 saturated heterocycles. The summed E-state index contributed by atoms with van der Waals surface area (Å²) in [4.78, 5) is 15.4. The molecule has 36 heavy (non-hydrogen) atoms. The highest BCUT2D eigenvalue weighted by Crippen LogP contribution is 2.43. The molecule has 5 nitrogen and oxygen atoms in total. The maximum Gasteiger partial charge on any atom is 0.255 e. The Hall–Kier alpha value is -2.01. The van der Waals surface area contributed by atoms with E-state index in [0.29, 0.717) is 23.2 Å². The minimum atomic E-state index is -0.391. The minimum Gasteiger partial charge on any atom is -0.507 e. The van der Waals surface area contributed by atoms with Crippen molar-refractivity contribution in [2.45, 2.75) is 118 Å². The molecule has 0 spiro atoms. The van der Waals surface area contributed by atoms with Gasteiger partial charge in [-0.15, -0.1) is 0 Å². The van der Waals surface area contributed by atoms with Crippen molar-refractivity contribution in [2.75, 3.05) is 26.2 Å². The highest BCUT2D eigenvalue weighted by Gasteiger charge is 2.32. The van der Waals surface area contributed by atoms with Crippen molar-refractivity contribution in [1.29, 1.82) is 0 Å². The second-order valence-corrected chi connectivity index (χ2v) is 10.7. The number of amides is 1. The van der Waals surface area contributed by atoms with E-state index in [-0.39, 0.29) is 11.7 Å². The van der Waals surface area contributed by atoms with Crippen molar-refractivity contribution in [1.82, 2.24) is 10.2 Å². The highest BCUT2D eigenvalue weighted by molar-refractivity contribution is 6.02. The molecule has 0 aliphatic carbocycles. The van der Waals surface area contributed by atoms with Crippen LogP contribution in [0.1, 0.15) is 125 Å². The third-order valence-corrected chi connectivity index (χ3v) is 7.81. The molecule has 2 N–H and O–H groups in total. The number of likely N-dealkylation sites (N-methyl/N-ethyl adjacent to an activating group) is 1. The van der Waals surface area contributed by atoms with E-state index >= 15 is 0 Å². The largest absolute Gasteiger partial charge is 0.507 e. The molecule has 0 saturated carbocycles. The van der Waals surface area contributed by atoms with Crippen molar-refractivity contribution in [3.63, 3.8) is 0 Å². The van der Waals surface area contributed by atoms with Crippen molar-refractivity contribution < 1.29 is 14.6 Å². The Kier molecular flexibility index (Phi) is 12.8. The number of phenolic OH excluding ortho intramolecular Hbond substituents is 1. The zero-order valence-corrected chi connectivity index (χ0v) is 24.0. The lowest BCUT2D eigenvalue weighted by Crippen LogP contribution is -2.36. The number of unbranched alkanes of at least 4 members (excludes halogenated alkanes) is 9. The summed E-state index contributed by atoms with van der Waals surface area (Å²) in [5.41, 5.74) is 2.24. The Labute approximate surface area is 220 Å².